The van der Waals surface area contributed by atoms with Crippen molar-refractivity contribution in [1.29, 1.82) is 0 Å². The highest BCUT2D eigenvalue weighted by atomic mass is 127. The number of rotatable bonds is 5. The molecule has 4 nitrogen and oxygen atoms in total. The molecule has 0 saturated carbocycles. The monoisotopic (exact) mass is 359 g/mol. The number of hydrogen-bond donors (Lipinski definition) is 2. The molecule has 0 saturated heterocycles. The van der Waals surface area contributed by atoms with Crippen LogP contribution in [0.4, 0.5) is 0 Å². The van der Waals surface area contributed by atoms with E-state index in [0.717, 1.165) is 0 Å². The van der Waals surface area contributed by atoms with E-state index in [1.54, 1.807) is 6.08 Å². The van der Waals surface area contributed by atoms with Crippen LogP contribution < -0.4 is 11.1 Å². The molecule has 6 heteroatoms. The molecule has 0 spiro atoms. The summed E-state index contributed by atoms with van der Waals surface area (Å²) in [5.74, 6) is 0.917. The van der Waals surface area contributed by atoms with E-state index in [0.29, 0.717) is 24.8 Å². The largest absolute Gasteiger partial charge is 0.370 e. The third kappa shape index (κ3) is 9.14. The van der Waals surface area contributed by atoms with Gasteiger partial charge in [0.05, 0.1) is 6.54 Å². The summed E-state index contributed by atoms with van der Waals surface area (Å²) >= 11 is 0. The second-order valence-corrected chi connectivity index (χ2v) is 6.42. The summed E-state index contributed by atoms with van der Waals surface area (Å²) in [5, 5.41) is 2.86. The maximum absolute atomic E-state index is 11.6. The van der Waals surface area contributed by atoms with Crippen molar-refractivity contribution in [2.75, 3.05) is 18.8 Å². The van der Waals surface area contributed by atoms with Crippen LogP contribution in [0.1, 0.15) is 20.8 Å². The van der Waals surface area contributed by atoms with Crippen molar-refractivity contribution in [3.05, 3.63) is 12.7 Å². The second-order valence-electron chi connectivity index (χ2n) is 4.10. The lowest BCUT2D eigenvalue weighted by Crippen LogP contribution is -2.32. The van der Waals surface area contributed by atoms with Crippen LogP contribution in [0.2, 0.25) is 0 Å². The molecule has 0 heterocycles. The Labute approximate surface area is 118 Å². The van der Waals surface area contributed by atoms with Crippen molar-refractivity contribution in [2.45, 2.75) is 25.5 Å². The van der Waals surface area contributed by atoms with E-state index in [2.05, 4.69) is 16.9 Å². The first-order chi connectivity index (χ1) is 6.88. The number of nitrogens with zero attached hydrogens (tertiary/aromatic N) is 1. The lowest BCUT2D eigenvalue weighted by atomic mass is 10.3. The van der Waals surface area contributed by atoms with Crippen LogP contribution >= 0.6 is 24.0 Å². The predicted molar refractivity (Wildman–Crippen MR) is 82.9 cm³/mol. The molecule has 0 aliphatic rings. The number of aliphatic imine (C=N–C) groups is 1. The first-order valence-corrected chi connectivity index (χ1v) is 6.23. The van der Waals surface area contributed by atoms with Gasteiger partial charge < -0.3 is 11.1 Å². The highest BCUT2D eigenvalue weighted by molar-refractivity contribution is 14.0. The van der Waals surface area contributed by atoms with Gasteiger partial charge in [0.1, 0.15) is 0 Å². The van der Waals surface area contributed by atoms with E-state index in [9.17, 15) is 4.21 Å². The van der Waals surface area contributed by atoms with Gasteiger partial charge in [-0.2, -0.15) is 0 Å². The molecule has 0 bridgehead atoms. The van der Waals surface area contributed by atoms with Crippen LogP contribution in [0, 0.1) is 0 Å². The lowest BCUT2D eigenvalue weighted by Gasteiger charge is -2.16. The third-order valence-electron chi connectivity index (χ3n) is 1.67. The van der Waals surface area contributed by atoms with Crippen LogP contribution in [-0.4, -0.2) is 33.8 Å². The van der Waals surface area contributed by atoms with Gasteiger partial charge in [-0.25, -0.2) is 0 Å². The molecule has 0 radical (unpaired) electrons. The van der Waals surface area contributed by atoms with Gasteiger partial charge in [0.25, 0.3) is 0 Å². The minimum absolute atomic E-state index is 0. The second kappa shape index (κ2) is 8.98. The summed E-state index contributed by atoms with van der Waals surface area (Å²) in [6, 6.07) is 0. The maximum Gasteiger partial charge on any atom is 0.188 e. The smallest absolute Gasteiger partial charge is 0.188 e. The molecule has 0 fully saturated rings. The van der Waals surface area contributed by atoms with E-state index in [1.165, 1.54) is 0 Å². The Hall–Kier alpha value is -0.110. The van der Waals surface area contributed by atoms with Crippen molar-refractivity contribution in [3.8, 4) is 0 Å². The Morgan fingerprint density at radius 1 is 1.56 bits per heavy atom. The number of halogens is 1. The summed E-state index contributed by atoms with van der Waals surface area (Å²) in [6.45, 7) is 10.5. The molecule has 16 heavy (non-hydrogen) atoms. The van der Waals surface area contributed by atoms with Gasteiger partial charge in [-0.3, -0.25) is 9.20 Å². The van der Waals surface area contributed by atoms with Gasteiger partial charge in [0.2, 0.25) is 0 Å². The zero-order chi connectivity index (χ0) is 11.9. The van der Waals surface area contributed by atoms with Crippen molar-refractivity contribution < 1.29 is 4.21 Å². The molecule has 0 aromatic rings. The summed E-state index contributed by atoms with van der Waals surface area (Å²) in [5.41, 5.74) is 5.55. The molecule has 0 aromatic heterocycles. The first kappa shape index (κ1) is 18.3. The lowest BCUT2D eigenvalue weighted by molar-refractivity contribution is 0.648. The quantitative estimate of drug-likeness (QED) is 0.336. The number of guanidine groups is 1. The normalized spacial score (nSPS) is 13.8. The van der Waals surface area contributed by atoms with Crippen molar-refractivity contribution in [1.82, 2.24) is 5.32 Å². The zero-order valence-corrected chi connectivity index (χ0v) is 13.3. The maximum atomic E-state index is 11.6. The van der Waals surface area contributed by atoms with Gasteiger partial charge in [0.15, 0.2) is 5.96 Å². The van der Waals surface area contributed by atoms with E-state index in [4.69, 9.17) is 5.73 Å². The van der Waals surface area contributed by atoms with Crippen molar-refractivity contribution in [3.63, 3.8) is 0 Å². The van der Waals surface area contributed by atoms with Gasteiger partial charge in [0, 0.05) is 27.8 Å². The Morgan fingerprint density at radius 2 is 2.12 bits per heavy atom. The Bertz CT molecular complexity index is 261. The van der Waals surface area contributed by atoms with Gasteiger partial charge in [-0.1, -0.05) is 6.08 Å². The Kier molecular flexibility index (Phi) is 10.2. The molecule has 1 atom stereocenters. The average Bonchev–Trinajstić information content (AvgIpc) is 2.13. The highest BCUT2D eigenvalue weighted by Gasteiger charge is 2.18. The van der Waals surface area contributed by atoms with Gasteiger partial charge in [-0.05, 0) is 20.8 Å². The number of hydrogen-bond acceptors (Lipinski definition) is 2. The summed E-state index contributed by atoms with van der Waals surface area (Å²) in [7, 11) is -0.870. The molecular weight excluding hydrogens is 337 g/mol. The summed E-state index contributed by atoms with van der Waals surface area (Å²) in [4.78, 5) is 4.06. The number of nitrogens with one attached hydrogen (secondary N) is 1. The zero-order valence-electron chi connectivity index (χ0n) is 10.2. The molecule has 1 unspecified atom stereocenters. The highest BCUT2D eigenvalue weighted by Crippen LogP contribution is 2.10. The Morgan fingerprint density at radius 3 is 2.56 bits per heavy atom. The average molecular weight is 359 g/mol. The fourth-order valence-corrected chi connectivity index (χ4v) is 1.66. The summed E-state index contributed by atoms with van der Waals surface area (Å²) < 4.78 is 11.4. The van der Waals surface area contributed by atoms with Gasteiger partial charge >= 0.3 is 0 Å². The SMILES string of the molecule is C=CCNC(N)=NCCS(=O)C(C)(C)C.I. The molecule has 0 aliphatic carbocycles. The van der Waals surface area contributed by atoms with E-state index >= 15 is 0 Å². The molecule has 3 N–H and O–H groups in total. The van der Waals surface area contributed by atoms with Crippen molar-refractivity contribution in [2.24, 2.45) is 10.7 Å². The molecule has 96 valence electrons. The number of nitrogens with two attached hydrogens (primary N) is 1. The Balaban J connectivity index is 0. The van der Waals surface area contributed by atoms with E-state index < -0.39 is 10.8 Å². The summed E-state index contributed by atoms with van der Waals surface area (Å²) in [6.07, 6.45) is 1.70. The van der Waals surface area contributed by atoms with Gasteiger partial charge in [-0.15, -0.1) is 30.6 Å². The molecular formula is C10H22IN3OS. The third-order valence-corrected chi connectivity index (χ3v) is 3.59. The van der Waals surface area contributed by atoms with Crippen LogP contribution in [0.3, 0.4) is 0 Å². The van der Waals surface area contributed by atoms with Crippen LogP contribution in [0.15, 0.2) is 17.6 Å². The van der Waals surface area contributed by atoms with E-state index in [1.807, 2.05) is 20.8 Å². The topological polar surface area (TPSA) is 67.5 Å². The molecule has 0 aliphatic heterocycles. The fraction of sp³-hybridized carbons (Fsp3) is 0.700. The van der Waals surface area contributed by atoms with E-state index in [-0.39, 0.29) is 28.7 Å². The van der Waals surface area contributed by atoms with Crippen LogP contribution in [0.25, 0.3) is 0 Å². The first-order valence-electron chi connectivity index (χ1n) is 4.91. The van der Waals surface area contributed by atoms with Crippen LogP contribution in [-0.2, 0) is 10.8 Å². The fourth-order valence-electron chi connectivity index (χ4n) is 0.788. The van der Waals surface area contributed by atoms with Crippen molar-refractivity contribution >= 4 is 40.7 Å². The predicted octanol–water partition coefficient (Wildman–Crippen LogP) is 1.24. The molecule has 0 aromatic carbocycles. The minimum Gasteiger partial charge on any atom is -0.370 e. The van der Waals surface area contributed by atoms with Crippen LogP contribution in [0.5, 0.6) is 0 Å². The standard InChI is InChI=1S/C10H21N3OS.HI/c1-5-6-12-9(11)13-7-8-15(14)10(2,3)4;/h5H,1,6-8H2,2-4H3,(H3,11,12,13);1H. The molecule has 0 rings (SSSR count). The molecule has 0 amide bonds. The minimum atomic E-state index is -0.870.